The Hall–Kier alpha value is -1.64. The molecule has 2 aliphatic rings. The third kappa shape index (κ3) is 3.84. The van der Waals surface area contributed by atoms with Crippen molar-refractivity contribution >= 4 is 51.7 Å². The number of anilines is 1. The average Bonchev–Trinajstić information content (AvgIpc) is 3.15. The molecule has 2 aromatic rings. The van der Waals surface area contributed by atoms with E-state index in [1.165, 1.54) is 0 Å². The maximum Gasteiger partial charge on any atom is 0.239 e. The summed E-state index contributed by atoms with van der Waals surface area (Å²) < 4.78 is 1.07. The van der Waals surface area contributed by atoms with Gasteiger partial charge in [0.2, 0.25) is 11.8 Å². The van der Waals surface area contributed by atoms with Gasteiger partial charge in [-0.3, -0.25) is 9.59 Å². The molecule has 0 bridgehead atoms. The normalized spacial score (nSPS) is 26.8. The summed E-state index contributed by atoms with van der Waals surface area (Å²) in [6.45, 7) is 6.50. The number of carbonyl (C=O) groups excluding carboxylic acids is 2. The molecule has 1 saturated heterocycles. The van der Waals surface area contributed by atoms with Crippen molar-refractivity contribution in [3.05, 3.63) is 62.2 Å². The van der Waals surface area contributed by atoms with E-state index < -0.39 is 11.5 Å². The maximum absolute atomic E-state index is 13.9. The highest BCUT2D eigenvalue weighted by molar-refractivity contribution is 14.1. The number of nitrogens with one attached hydrogen (secondary N) is 2. The molecule has 2 N–H and O–H groups in total. The van der Waals surface area contributed by atoms with Crippen LogP contribution in [0.4, 0.5) is 5.69 Å². The molecular weight excluding hydrogens is 537 g/mol. The third-order valence-electron chi connectivity index (χ3n) is 6.54. The van der Waals surface area contributed by atoms with Crippen LogP contribution in [0.1, 0.15) is 44.2 Å². The van der Waals surface area contributed by atoms with E-state index in [0.29, 0.717) is 5.02 Å². The molecule has 1 fully saturated rings. The molecule has 32 heavy (non-hydrogen) atoms. The van der Waals surface area contributed by atoms with E-state index in [-0.39, 0.29) is 29.2 Å². The lowest BCUT2D eigenvalue weighted by Gasteiger charge is -2.37. The van der Waals surface area contributed by atoms with Gasteiger partial charge in [0.15, 0.2) is 0 Å². The number of likely N-dealkylation sites (N-methyl/N-ethyl adjacent to an activating group) is 1. The fourth-order valence-electron chi connectivity index (χ4n) is 5.39. The molecule has 0 aromatic heterocycles. The van der Waals surface area contributed by atoms with Crippen molar-refractivity contribution in [2.24, 2.45) is 5.41 Å². The van der Waals surface area contributed by atoms with E-state index in [9.17, 15) is 9.59 Å². The molecule has 4 atom stereocenters. The predicted octanol–water partition coefficient (Wildman–Crippen LogP) is 4.78. The van der Waals surface area contributed by atoms with E-state index in [1.807, 2.05) is 36.4 Å². The second kappa shape index (κ2) is 8.29. The highest BCUT2D eigenvalue weighted by Crippen LogP contribution is 2.56. The summed E-state index contributed by atoms with van der Waals surface area (Å²) in [5.41, 5.74) is 1.65. The van der Waals surface area contributed by atoms with Gasteiger partial charge in [-0.15, -0.1) is 0 Å². The number of nitrogens with zero attached hydrogens (tertiary/aromatic N) is 1. The van der Waals surface area contributed by atoms with Gasteiger partial charge in [0.25, 0.3) is 0 Å². The molecule has 0 radical (unpaired) electrons. The Morgan fingerprint density at radius 2 is 1.91 bits per heavy atom. The zero-order valence-electron chi connectivity index (χ0n) is 19.0. The molecule has 2 heterocycles. The molecule has 5 nitrogen and oxygen atoms in total. The molecule has 0 unspecified atom stereocenters. The smallest absolute Gasteiger partial charge is 0.239 e. The van der Waals surface area contributed by atoms with Crippen LogP contribution in [0, 0.1) is 8.99 Å². The average molecular weight is 566 g/mol. The maximum atomic E-state index is 13.9. The summed E-state index contributed by atoms with van der Waals surface area (Å²) in [5.74, 6) is -0.462. The molecule has 0 aliphatic carbocycles. The van der Waals surface area contributed by atoms with Crippen LogP contribution < -0.4 is 10.6 Å². The predicted molar refractivity (Wildman–Crippen MR) is 137 cm³/mol. The van der Waals surface area contributed by atoms with E-state index in [2.05, 4.69) is 60.1 Å². The molecule has 4 rings (SSSR count). The van der Waals surface area contributed by atoms with Crippen LogP contribution in [-0.2, 0) is 15.0 Å². The Labute approximate surface area is 208 Å². The number of fused-ring (bicyclic) bond motifs is 2. The Bertz CT molecular complexity index is 1080. The number of carbonyl (C=O) groups is 2. The van der Waals surface area contributed by atoms with Gasteiger partial charge in [0.1, 0.15) is 5.41 Å². The molecule has 1 spiro atoms. The zero-order valence-corrected chi connectivity index (χ0v) is 21.9. The van der Waals surface area contributed by atoms with Crippen molar-refractivity contribution < 1.29 is 9.59 Å². The van der Waals surface area contributed by atoms with Gasteiger partial charge >= 0.3 is 0 Å². The second-order valence-electron chi connectivity index (χ2n) is 10.2. The van der Waals surface area contributed by atoms with Crippen LogP contribution in [0.5, 0.6) is 0 Å². The standard InChI is InChI=1S/C25H29ClIN3O2/c1-24(2,3)13-19-25(17-10-9-15(26)12-18(17)28-23(25)32)20(14-7-6-8-16(27)11-14)21(29-19)22(31)30(4)5/h6-12,19-21,29H,13H2,1-5H3,(H,28,32)/t19-,20+,21-,25+/m1/s1. The quantitative estimate of drug-likeness (QED) is 0.527. The fraction of sp³-hybridized carbons (Fsp3) is 0.440. The van der Waals surface area contributed by atoms with Gasteiger partial charge in [-0.1, -0.05) is 50.6 Å². The molecule has 2 amide bonds. The molecule has 170 valence electrons. The monoisotopic (exact) mass is 565 g/mol. The minimum absolute atomic E-state index is 0.0279. The lowest BCUT2D eigenvalue weighted by molar-refractivity contribution is -0.131. The summed E-state index contributed by atoms with van der Waals surface area (Å²) in [6, 6.07) is 13.0. The SMILES string of the molecule is CN(C)C(=O)[C@@H]1N[C@H](CC(C)(C)C)[C@]2(C(=O)Nc3cc(Cl)ccc32)[C@H]1c1cccc(I)c1. The van der Waals surface area contributed by atoms with Crippen LogP contribution in [0.15, 0.2) is 42.5 Å². The van der Waals surface area contributed by atoms with Gasteiger partial charge in [-0.25, -0.2) is 0 Å². The number of halogens is 2. The number of benzene rings is 2. The first-order valence-corrected chi connectivity index (χ1v) is 12.2. The van der Waals surface area contributed by atoms with E-state index in [4.69, 9.17) is 11.6 Å². The topological polar surface area (TPSA) is 61.4 Å². The number of hydrogen-bond donors (Lipinski definition) is 2. The summed E-state index contributed by atoms with van der Waals surface area (Å²) in [7, 11) is 3.53. The van der Waals surface area contributed by atoms with Crippen molar-refractivity contribution in [2.75, 3.05) is 19.4 Å². The molecular formula is C25H29ClIN3O2. The zero-order chi connectivity index (χ0) is 23.4. The second-order valence-corrected chi connectivity index (χ2v) is 11.9. The van der Waals surface area contributed by atoms with Crippen LogP contribution in [0.2, 0.25) is 5.02 Å². The van der Waals surface area contributed by atoms with Gasteiger partial charge < -0.3 is 15.5 Å². The van der Waals surface area contributed by atoms with Gasteiger partial charge in [0, 0.05) is 40.3 Å². The number of hydrogen-bond acceptors (Lipinski definition) is 3. The minimum Gasteiger partial charge on any atom is -0.347 e. The molecule has 2 aliphatic heterocycles. The van der Waals surface area contributed by atoms with Gasteiger partial charge in [-0.2, -0.15) is 0 Å². The summed E-state index contributed by atoms with van der Waals surface area (Å²) >= 11 is 8.56. The molecule has 2 aromatic carbocycles. The van der Waals surface area contributed by atoms with Crippen LogP contribution in [-0.4, -0.2) is 42.9 Å². The van der Waals surface area contributed by atoms with Crippen molar-refractivity contribution in [1.29, 1.82) is 0 Å². The van der Waals surface area contributed by atoms with E-state index in [1.54, 1.807) is 19.0 Å². The highest BCUT2D eigenvalue weighted by Gasteiger charge is 2.65. The first kappa shape index (κ1) is 23.5. The van der Waals surface area contributed by atoms with Gasteiger partial charge in [0.05, 0.1) is 6.04 Å². The highest BCUT2D eigenvalue weighted by atomic mass is 127. The summed E-state index contributed by atoms with van der Waals surface area (Å²) in [6.07, 6.45) is 0.736. The Morgan fingerprint density at radius 1 is 1.19 bits per heavy atom. The lowest BCUT2D eigenvalue weighted by Crippen LogP contribution is -2.49. The molecule has 0 saturated carbocycles. The van der Waals surface area contributed by atoms with Crippen LogP contribution in [0.25, 0.3) is 0 Å². The van der Waals surface area contributed by atoms with Gasteiger partial charge in [-0.05, 0) is 69.8 Å². The first-order chi connectivity index (χ1) is 14.9. The first-order valence-electron chi connectivity index (χ1n) is 10.8. The Kier molecular flexibility index (Phi) is 6.09. The minimum atomic E-state index is -0.923. The number of rotatable bonds is 3. The van der Waals surface area contributed by atoms with Crippen molar-refractivity contribution in [1.82, 2.24) is 10.2 Å². The van der Waals surface area contributed by atoms with Crippen LogP contribution in [0.3, 0.4) is 0 Å². The van der Waals surface area contributed by atoms with Crippen LogP contribution >= 0.6 is 34.2 Å². The fourth-order valence-corrected chi connectivity index (χ4v) is 6.13. The lowest BCUT2D eigenvalue weighted by atomic mass is 9.62. The van der Waals surface area contributed by atoms with Crippen molar-refractivity contribution in [3.63, 3.8) is 0 Å². The summed E-state index contributed by atoms with van der Waals surface area (Å²) in [5, 5.41) is 7.30. The molecule has 7 heteroatoms. The largest absolute Gasteiger partial charge is 0.347 e. The third-order valence-corrected chi connectivity index (χ3v) is 7.44. The van der Waals surface area contributed by atoms with Crippen molar-refractivity contribution in [2.45, 2.75) is 50.6 Å². The van der Waals surface area contributed by atoms with E-state index >= 15 is 0 Å². The van der Waals surface area contributed by atoms with Crippen molar-refractivity contribution in [3.8, 4) is 0 Å². The number of amides is 2. The Balaban J connectivity index is 2.01. The van der Waals surface area contributed by atoms with E-state index in [0.717, 1.165) is 26.8 Å². The summed E-state index contributed by atoms with van der Waals surface area (Å²) in [4.78, 5) is 29.0. The Morgan fingerprint density at radius 3 is 2.53 bits per heavy atom.